The van der Waals surface area contributed by atoms with E-state index in [1.54, 1.807) is 4.90 Å². The molecule has 0 bridgehead atoms. The van der Waals surface area contributed by atoms with Crippen molar-refractivity contribution >= 4 is 35.6 Å². The standard InChI is InChI=1S/C15H21N3O5S/c1-17-9-8-24-10(14(9)16-15(17)22)4-2-3-5-13(21)23-18-11(19)6-7-12(18)20/h9-10,14H,2-8H2,1H3,(H,16,22)/t9?,10-,14?/m0/s1. The molecular weight excluding hydrogens is 334 g/mol. The summed E-state index contributed by atoms with van der Waals surface area (Å²) in [5.74, 6) is -0.527. The molecule has 1 N–H and O–H groups in total. The van der Waals surface area contributed by atoms with Crippen molar-refractivity contribution in [3.63, 3.8) is 0 Å². The van der Waals surface area contributed by atoms with Crippen LogP contribution in [0.4, 0.5) is 4.79 Å². The van der Waals surface area contributed by atoms with Crippen LogP contribution in [0.15, 0.2) is 0 Å². The van der Waals surface area contributed by atoms with Gasteiger partial charge in [-0.3, -0.25) is 9.59 Å². The Bertz CT molecular complexity index is 553. The van der Waals surface area contributed by atoms with Gasteiger partial charge in [0.25, 0.3) is 11.8 Å². The van der Waals surface area contributed by atoms with Crippen molar-refractivity contribution in [2.75, 3.05) is 12.8 Å². The molecule has 3 fully saturated rings. The number of carbonyl (C=O) groups is 4. The van der Waals surface area contributed by atoms with E-state index in [1.165, 1.54) is 0 Å². The molecule has 0 saturated carbocycles. The van der Waals surface area contributed by atoms with Crippen molar-refractivity contribution in [2.45, 2.75) is 55.9 Å². The topological polar surface area (TPSA) is 96.0 Å². The van der Waals surface area contributed by atoms with Gasteiger partial charge in [-0.2, -0.15) is 11.8 Å². The number of fused-ring (bicyclic) bond motifs is 1. The van der Waals surface area contributed by atoms with E-state index in [2.05, 4.69) is 5.32 Å². The van der Waals surface area contributed by atoms with Crippen LogP contribution in [0.3, 0.4) is 0 Å². The number of hydrogen-bond acceptors (Lipinski definition) is 6. The minimum atomic E-state index is -0.551. The summed E-state index contributed by atoms with van der Waals surface area (Å²) >= 11 is 1.86. The molecule has 4 amide bonds. The number of amides is 4. The average molecular weight is 355 g/mol. The Labute approximate surface area is 144 Å². The van der Waals surface area contributed by atoms with Gasteiger partial charge in [0.15, 0.2) is 0 Å². The molecule has 24 heavy (non-hydrogen) atoms. The number of hydrogen-bond donors (Lipinski definition) is 1. The van der Waals surface area contributed by atoms with Gasteiger partial charge < -0.3 is 15.1 Å². The number of carbonyl (C=O) groups excluding carboxylic acids is 4. The van der Waals surface area contributed by atoms with Gasteiger partial charge in [0, 0.05) is 37.3 Å². The normalized spacial score (nSPS) is 29.2. The van der Waals surface area contributed by atoms with Gasteiger partial charge in [0.05, 0.1) is 12.1 Å². The van der Waals surface area contributed by atoms with Crippen molar-refractivity contribution in [1.29, 1.82) is 0 Å². The van der Waals surface area contributed by atoms with Crippen LogP contribution in [0.1, 0.15) is 38.5 Å². The van der Waals surface area contributed by atoms with Crippen molar-refractivity contribution in [3.05, 3.63) is 0 Å². The van der Waals surface area contributed by atoms with E-state index in [9.17, 15) is 19.2 Å². The first-order valence-corrected chi connectivity index (χ1v) is 9.24. The molecule has 3 aliphatic rings. The lowest BCUT2D eigenvalue weighted by Gasteiger charge is -2.17. The first kappa shape index (κ1) is 17.1. The zero-order valence-corrected chi connectivity index (χ0v) is 14.3. The predicted octanol–water partition coefficient (Wildman–Crippen LogP) is 0.662. The fourth-order valence-corrected chi connectivity index (χ4v) is 4.96. The Balaban J connectivity index is 1.35. The maximum absolute atomic E-state index is 11.7. The van der Waals surface area contributed by atoms with Crippen molar-refractivity contribution in [3.8, 4) is 0 Å². The van der Waals surface area contributed by atoms with E-state index in [4.69, 9.17) is 4.84 Å². The van der Waals surface area contributed by atoms with Crippen molar-refractivity contribution in [1.82, 2.24) is 15.3 Å². The first-order chi connectivity index (χ1) is 11.5. The fourth-order valence-electron chi connectivity index (χ4n) is 3.30. The molecule has 9 heteroatoms. The number of imide groups is 1. The largest absolute Gasteiger partial charge is 0.333 e. The summed E-state index contributed by atoms with van der Waals surface area (Å²) in [6, 6.07) is 0.419. The van der Waals surface area contributed by atoms with Crippen LogP contribution in [0.2, 0.25) is 0 Å². The fraction of sp³-hybridized carbons (Fsp3) is 0.733. The zero-order valence-electron chi connectivity index (χ0n) is 13.5. The summed E-state index contributed by atoms with van der Waals surface area (Å²) in [6.45, 7) is 0. The second-order valence-electron chi connectivity index (χ2n) is 6.32. The highest BCUT2D eigenvalue weighted by molar-refractivity contribution is 8.00. The molecule has 3 saturated heterocycles. The summed E-state index contributed by atoms with van der Waals surface area (Å²) in [5.41, 5.74) is 0. The number of nitrogens with zero attached hydrogens (tertiary/aromatic N) is 2. The van der Waals surface area contributed by atoms with Crippen LogP contribution in [0.5, 0.6) is 0 Å². The Morgan fingerprint density at radius 2 is 1.96 bits per heavy atom. The van der Waals surface area contributed by atoms with Gasteiger partial charge in [0.2, 0.25) is 0 Å². The summed E-state index contributed by atoms with van der Waals surface area (Å²) in [6.07, 6.45) is 2.76. The van der Waals surface area contributed by atoms with Crippen LogP contribution in [0.25, 0.3) is 0 Å². The lowest BCUT2D eigenvalue weighted by Crippen LogP contribution is -2.37. The Morgan fingerprint density at radius 3 is 2.67 bits per heavy atom. The monoisotopic (exact) mass is 355 g/mol. The number of nitrogens with one attached hydrogen (secondary N) is 1. The predicted molar refractivity (Wildman–Crippen MR) is 85.8 cm³/mol. The summed E-state index contributed by atoms with van der Waals surface area (Å²) in [7, 11) is 1.82. The Hall–Kier alpha value is -1.77. The minimum Gasteiger partial charge on any atom is -0.332 e. The number of likely N-dealkylation sites (N-methyl/N-ethyl adjacent to an activating group) is 1. The molecule has 0 aromatic heterocycles. The third-order valence-corrected chi connectivity index (χ3v) is 6.21. The smallest absolute Gasteiger partial charge is 0.332 e. The van der Waals surface area contributed by atoms with Crippen LogP contribution < -0.4 is 5.32 Å². The van der Waals surface area contributed by atoms with Gasteiger partial charge in [-0.25, -0.2) is 9.59 Å². The van der Waals surface area contributed by atoms with Gasteiger partial charge in [-0.15, -0.1) is 5.06 Å². The molecule has 2 unspecified atom stereocenters. The summed E-state index contributed by atoms with van der Waals surface area (Å²) in [5, 5.41) is 3.97. The number of hydroxylamine groups is 2. The molecule has 8 nitrogen and oxygen atoms in total. The minimum absolute atomic E-state index is 0.0150. The highest BCUT2D eigenvalue weighted by atomic mass is 32.2. The molecule has 3 aliphatic heterocycles. The molecule has 132 valence electrons. The SMILES string of the molecule is CN1C(=O)NC2C1CS[C@H]2CCCCC(=O)ON1C(=O)CCC1=O. The second kappa shape index (κ2) is 7.00. The summed E-state index contributed by atoms with van der Waals surface area (Å²) < 4.78 is 0. The number of thioether (sulfide) groups is 1. The van der Waals surface area contributed by atoms with E-state index in [1.807, 2.05) is 18.8 Å². The van der Waals surface area contributed by atoms with Crippen LogP contribution >= 0.6 is 11.8 Å². The maximum atomic E-state index is 11.7. The molecule has 3 rings (SSSR count). The van der Waals surface area contributed by atoms with Crippen molar-refractivity contribution in [2.24, 2.45) is 0 Å². The molecular formula is C15H21N3O5S. The Kier molecular flexibility index (Phi) is 4.98. The van der Waals surface area contributed by atoms with Gasteiger partial charge in [-0.1, -0.05) is 6.42 Å². The zero-order chi connectivity index (χ0) is 17.3. The van der Waals surface area contributed by atoms with Crippen LogP contribution in [-0.4, -0.2) is 63.9 Å². The van der Waals surface area contributed by atoms with Crippen LogP contribution in [0, 0.1) is 0 Å². The highest BCUT2D eigenvalue weighted by Crippen LogP contribution is 2.36. The third kappa shape index (κ3) is 3.35. The molecule has 0 aromatic rings. The average Bonchev–Trinajstić information content (AvgIpc) is 3.17. The lowest BCUT2D eigenvalue weighted by molar-refractivity contribution is -0.197. The second-order valence-corrected chi connectivity index (χ2v) is 7.59. The number of unbranched alkanes of at least 4 members (excludes halogenated alkanes) is 1. The van der Waals surface area contributed by atoms with Gasteiger partial charge in [-0.05, 0) is 12.8 Å². The Morgan fingerprint density at radius 1 is 1.25 bits per heavy atom. The molecule has 0 spiro atoms. The molecule has 3 heterocycles. The van der Waals surface area contributed by atoms with Crippen molar-refractivity contribution < 1.29 is 24.0 Å². The third-order valence-electron chi connectivity index (χ3n) is 4.72. The van der Waals surface area contributed by atoms with E-state index >= 15 is 0 Å². The number of rotatable bonds is 6. The van der Waals surface area contributed by atoms with E-state index in [0.717, 1.165) is 18.6 Å². The highest BCUT2D eigenvalue weighted by Gasteiger charge is 2.46. The molecule has 0 radical (unpaired) electrons. The van der Waals surface area contributed by atoms with Gasteiger partial charge >= 0.3 is 12.0 Å². The maximum Gasteiger partial charge on any atom is 0.333 e. The quantitative estimate of drug-likeness (QED) is 0.427. The van der Waals surface area contributed by atoms with Gasteiger partial charge in [0.1, 0.15) is 0 Å². The molecule has 0 aliphatic carbocycles. The number of urea groups is 1. The van der Waals surface area contributed by atoms with E-state index < -0.39 is 17.8 Å². The first-order valence-electron chi connectivity index (χ1n) is 8.19. The van der Waals surface area contributed by atoms with E-state index in [0.29, 0.717) is 16.7 Å². The molecule has 3 atom stereocenters. The molecule has 0 aromatic carbocycles. The van der Waals surface area contributed by atoms with E-state index in [-0.39, 0.29) is 37.4 Å². The lowest BCUT2D eigenvalue weighted by atomic mass is 10.0. The van der Waals surface area contributed by atoms with Crippen LogP contribution in [-0.2, 0) is 19.2 Å². The summed E-state index contributed by atoms with van der Waals surface area (Å²) in [4.78, 5) is 52.7.